The Balaban J connectivity index is 1.69. The summed E-state index contributed by atoms with van der Waals surface area (Å²) in [5, 5.41) is 3.65. The minimum Gasteiger partial charge on any atom is -0.492 e. The molecule has 0 saturated carbocycles. The van der Waals surface area contributed by atoms with E-state index in [-0.39, 0.29) is 18.6 Å². The predicted octanol–water partition coefficient (Wildman–Crippen LogP) is 4.73. The molecule has 0 bridgehead atoms. The Kier molecular flexibility index (Phi) is 5.79. The van der Waals surface area contributed by atoms with Crippen LogP contribution in [0.2, 0.25) is 10.0 Å². The molecular formula is C19H19Cl2NO4. The van der Waals surface area contributed by atoms with Gasteiger partial charge in [-0.3, -0.25) is 4.79 Å². The third kappa shape index (κ3) is 4.34. The lowest BCUT2D eigenvalue weighted by Crippen LogP contribution is -2.20. The van der Waals surface area contributed by atoms with E-state index in [0.717, 1.165) is 17.7 Å². The maximum absolute atomic E-state index is 12.3. The molecule has 1 heterocycles. The van der Waals surface area contributed by atoms with Crippen molar-refractivity contribution in [1.29, 1.82) is 0 Å². The van der Waals surface area contributed by atoms with Gasteiger partial charge in [0, 0.05) is 23.1 Å². The quantitative estimate of drug-likeness (QED) is 0.767. The first kappa shape index (κ1) is 18.7. The van der Waals surface area contributed by atoms with Crippen molar-refractivity contribution in [3.8, 4) is 17.2 Å². The summed E-state index contributed by atoms with van der Waals surface area (Å²) < 4.78 is 16.9. The molecule has 1 N–H and O–H groups in total. The third-order valence-corrected chi connectivity index (χ3v) is 4.36. The van der Waals surface area contributed by atoms with Crippen molar-refractivity contribution < 1.29 is 19.0 Å². The van der Waals surface area contributed by atoms with Gasteiger partial charge in [-0.1, -0.05) is 23.2 Å². The van der Waals surface area contributed by atoms with Gasteiger partial charge in [-0.2, -0.15) is 0 Å². The normalized spacial score (nSPS) is 15.2. The molecule has 26 heavy (non-hydrogen) atoms. The zero-order valence-corrected chi connectivity index (χ0v) is 16.0. The first-order chi connectivity index (χ1) is 12.5. The summed E-state index contributed by atoms with van der Waals surface area (Å²) in [6.45, 7) is 4.20. The van der Waals surface area contributed by atoms with E-state index in [4.69, 9.17) is 37.4 Å². The van der Waals surface area contributed by atoms with Crippen molar-refractivity contribution in [3.05, 3.63) is 45.9 Å². The Morgan fingerprint density at radius 2 is 2.04 bits per heavy atom. The van der Waals surface area contributed by atoms with Crippen LogP contribution < -0.4 is 19.5 Å². The number of nitrogens with one attached hydrogen (secondary N) is 1. The van der Waals surface area contributed by atoms with Gasteiger partial charge in [0.25, 0.3) is 5.91 Å². The van der Waals surface area contributed by atoms with Gasteiger partial charge in [0.05, 0.1) is 17.3 Å². The van der Waals surface area contributed by atoms with Gasteiger partial charge in [-0.25, -0.2) is 0 Å². The van der Waals surface area contributed by atoms with E-state index >= 15 is 0 Å². The fourth-order valence-electron chi connectivity index (χ4n) is 2.73. The van der Waals surface area contributed by atoms with Crippen LogP contribution in [-0.4, -0.2) is 25.2 Å². The largest absolute Gasteiger partial charge is 0.492 e. The van der Waals surface area contributed by atoms with E-state index in [9.17, 15) is 4.79 Å². The summed E-state index contributed by atoms with van der Waals surface area (Å²) in [7, 11) is 0. The summed E-state index contributed by atoms with van der Waals surface area (Å²) in [6, 6.07) is 8.52. The van der Waals surface area contributed by atoms with Gasteiger partial charge < -0.3 is 19.5 Å². The van der Waals surface area contributed by atoms with Crippen molar-refractivity contribution >= 4 is 34.8 Å². The van der Waals surface area contributed by atoms with Crippen LogP contribution in [0.5, 0.6) is 17.2 Å². The first-order valence-corrected chi connectivity index (χ1v) is 9.06. The molecule has 0 radical (unpaired) electrons. The molecule has 3 rings (SSSR count). The predicted molar refractivity (Wildman–Crippen MR) is 102 cm³/mol. The minimum absolute atomic E-state index is 0.112. The summed E-state index contributed by atoms with van der Waals surface area (Å²) in [6.07, 6.45) is 0.933. The molecule has 1 atom stereocenters. The second-order valence-corrected chi connectivity index (χ2v) is 6.78. The van der Waals surface area contributed by atoms with Crippen molar-refractivity contribution in [2.24, 2.45) is 0 Å². The maximum atomic E-state index is 12.3. The molecule has 7 heteroatoms. The highest BCUT2D eigenvalue weighted by Gasteiger charge is 2.22. The van der Waals surface area contributed by atoms with Gasteiger partial charge in [-0.15, -0.1) is 0 Å². The molecule has 0 aromatic heterocycles. The van der Waals surface area contributed by atoms with Gasteiger partial charge in [0.1, 0.15) is 23.4 Å². The zero-order chi connectivity index (χ0) is 18.7. The van der Waals surface area contributed by atoms with E-state index in [2.05, 4.69) is 5.32 Å². The van der Waals surface area contributed by atoms with Crippen LogP contribution >= 0.6 is 23.2 Å². The third-order valence-electron chi connectivity index (χ3n) is 3.82. The summed E-state index contributed by atoms with van der Waals surface area (Å²) in [4.78, 5) is 12.3. The molecule has 138 valence electrons. The molecule has 2 aromatic carbocycles. The molecule has 1 aliphatic heterocycles. The van der Waals surface area contributed by atoms with Crippen LogP contribution in [0.15, 0.2) is 30.3 Å². The summed E-state index contributed by atoms with van der Waals surface area (Å²) in [5.41, 5.74) is 1.62. The van der Waals surface area contributed by atoms with E-state index in [1.54, 1.807) is 24.3 Å². The molecule has 1 aliphatic rings. The number of halogens is 2. The van der Waals surface area contributed by atoms with Crippen molar-refractivity contribution in [2.75, 3.05) is 18.5 Å². The van der Waals surface area contributed by atoms with Crippen LogP contribution in [0.4, 0.5) is 5.69 Å². The van der Waals surface area contributed by atoms with Gasteiger partial charge in [-0.05, 0) is 38.1 Å². The van der Waals surface area contributed by atoms with E-state index < -0.39 is 0 Å². The molecule has 0 saturated heterocycles. The van der Waals surface area contributed by atoms with Crippen LogP contribution in [0.3, 0.4) is 0 Å². The number of hydrogen-bond donors (Lipinski definition) is 1. The van der Waals surface area contributed by atoms with Gasteiger partial charge >= 0.3 is 0 Å². The molecule has 1 amide bonds. The topological polar surface area (TPSA) is 56.8 Å². The first-order valence-electron chi connectivity index (χ1n) is 8.30. The smallest absolute Gasteiger partial charge is 0.262 e. The Morgan fingerprint density at radius 3 is 2.77 bits per heavy atom. The van der Waals surface area contributed by atoms with Crippen LogP contribution in [0.25, 0.3) is 0 Å². The molecule has 5 nitrogen and oxygen atoms in total. The van der Waals surface area contributed by atoms with Crippen LogP contribution in [0.1, 0.15) is 19.4 Å². The zero-order valence-electron chi connectivity index (χ0n) is 14.5. The number of anilines is 1. The highest BCUT2D eigenvalue weighted by molar-refractivity contribution is 6.35. The number of fused-ring (bicyclic) bond motifs is 1. The number of rotatable bonds is 6. The monoisotopic (exact) mass is 395 g/mol. The highest BCUT2D eigenvalue weighted by Crippen LogP contribution is 2.38. The second-order valence-electron chi connectivity index (χ2n) is 5.93. The number of carbonyl (C=O) groups is 1. The number of benzene rings is 2. The maximum Gasteiger partial charge on any atom is 0.262 e. The van der Waals surface area contributed by atoms with Gasteiger partial charge in [0.2, 0.25) is 0 Å². The lowest BCUT2D eigenvalue weighted by molar-refractivity contribution is -0.118. The van der Waals surface area contributed by atoms with Gasteiger partial charge in [0.15, 0.2) is 6.61 Å². The van der Waals surface area contributed by atoms with Crippen LogP contribution in [0, 0.1) is 0 Å². The van der Waals surface area contributed by atoms with Crippen molar-refractivity contribution in [3.63, 3.8) is 0 Å². The SMILES string of the molecule is CCOc1cc2c(cc1NC(=O)COc1ccc(Cl)cc1Cl)O[C@@H](C)C2. The lowest BCUT2D eigenvalue weighted by atomic mass is 10.1. The van der Waals surface area contributed by atoms with E-state index in [1.807, 2.05) is 19.9 Å². The van der Waals surface area contributed by atoms with E-state index in [0.29, 0.717) is 33.8 Å². The summed E-state index contributed by atoms with van der Waals surface area (Å²) in [5.74, 6) is 1.44. The molecular weight excluding hydrogens is 377 g/mol. The Hall–Kier alpha value is -2.11. The number of amides is 1. The fraction of sp³-hybridized carbons (Fsp3) is 0.316. The molecule has 0 spiro atoms. The summed E-state index contributed by atoms with van der Waals surface area (Å²) >= 11 is 11.9. The molecule has 0 fully saturated rings. The standard InChI is InChI=1S/C19H19Cl2NO4/c1-3-24-18-7-12-6-11(2)26-17(12)9-15(18)22-19(23)10-25-16-5-4-13(20)8-14(16)21/h4-5,7-9,11H,3,6,10H2,1-2H3,(H,22,23)/t11-/m0/s1. The number of carbonyl (C=O) groups excluding carboxylic acids is 1. The Morgan fingerprint density at radius 1 is 1.23 bits per heavy atom. The average molecular weight is 396 g/mol. The van der Waals surface area contributed by atoms with E-state index in [1.165, 1.54) is 0 Å². The second kappa shape index (κ2) is 8.06. The average Bonchev–Trinajstić information content (AvgIpc) is 2.93. The number of ether oxygens (including phenoxy) is 3. The Bertz CT molecular complexity index is 825. The van der Waals surface area contributed by atoms with Crippen molar-refractivity contribution in [2.45, 2.75) is 26.4 Å². The molecule has 2 aromatic rings. The fourth-order valence-corrected chi connectivity index (χ4v) is 3.20. The molecule has 0 aliphatic carbocycles. The Labute approximate surface area is 162 Å². The molecule has 0 unspecified atom stereocenters. The number of hydrogen-bond acceptors (Lipinski definition) is 4. The minimum atomic E-state index is -0.331. The van der Waals surface area contributed by atoms with Crippen molar-refractivity contribution in [1.82, 2.24) is 0 Å². The highest BCUT2D eigenvalue weighted by atomic mass is 35.5. The van der Waals surface area contributed by atoms with Crippen LogP contribution in [-0.2, 0) is 11.2 Å². The lowest BCUT2D eigenvalue weighted by Gasteiger charge is -2.14.